The lowest BCUT2D eigenvalue weighted by molar-refractivity contribution is -0.275. The summed E-state index contributed by atoms with van der Waals surface area (Å²) in [6, 6.07) is -0.334. The molecule has 2 aromatic heterocycles. The first-order valence-electron chi connectivity index (χ1n) is 40.0. The number of Topliss-reactive ketones (excluding diaryl/α,β-unsaturated/α-hetero) is 1. The number of sulfonamides is 2. The summed E-state index contributed by atoms with van der Waals surface area (Å²) >= 11 is 0. The van der Waals surface area contributed by atoms with E-state index in [2.05, 4.69) is 40.0 Å². The van der Waals surface area contributed by atoms with Crippen molar-refractivity contribution in [3.63, 3.8) is 0 Å². The number of aromatic nitrogens is 4. The zero-order valence-electron chi connectivity index (χ0n) is 68.8. The summed E-state index contributed by atoms with van der Waals surface area (Å²) < 4.78 is 289. The Labute approximate surface area is 722 Å². The molecule has 2 saturated heterocycles. The number of aliphatic carboxylic acids is 1. The van der Waals surface area contributed by atoms with Crippen molar-refractivity contribution in [2.45, 2.75) is 259 Å². The number of alkyl halides is 14. The molecule has 0 unspecified atom stereocenters. The van der Waals surface area contributed by atoms with E-state index in [1.165, 1.54) is 6.92 Å². The molecule has 127 heavy (non-hydrogen) atoms. The van der Waals surface area contributed by atoms with Crippen molar-refractivity contribution in [2.75, 3.05) is 26.3 Å². The van der Waals surface area contributed by atoms with Gasteiger partial charge in [-0.25, -0.2) is 68.7 Å². The number of benzene rings is 2. The van der Waals surface area contributed by atoms with E-state index in [0.29, 0.717) is 63.5 Å². The molecule has 8 fully saturated rings. The average Bonchev–Trinajstić information content (AvgIpc) is 1.59. The fraction of sp³-hybridized carbons (Fsp3) is 0.641. The van der Waals surface area contributed by atoms with Crippen LogP contribution in [-0.4, -0.2) is 227 Å². The van der Waals surface area contributed by atoms with Crippen molar-refractivity contribution in [3.8, 4) is 23.3 Å². The van der Waals surface area contributed by atoms with Crippen molar-refractivity contribution in [2.24, 2.45) is 33.8 Å². The van der Waals surface area contributed by atoms with Crippen LogP contribution in [0.15, 0.2) is 60.7 Å². The number of carboxylic acid groups (broad SMARTS) is 1. The highest BCUT2D eigenvalue weighted by Crippen LogP contribution is 2.59. The van der Waals surface area contributed by atoms with E-state index in [4.69, 9.17) is 34.2 Å². The number of carbonyl (C=O) groups is 8. The number of hydrogen-bond donors (Lipinski definition) is 6. The molecular formula is C78H92ClF14N11O21S2. The molecule has 0 spiro atoms. The smallest absolute Gasteiger partial charge is 0.480 e. The minimum Gasteiger partial charge on any atom is -0.480 e. The van der Waals surface area contributed by atoms with E-state index in [9.17, 15) is 104 Å². The third-order valence-corrected chi connectivity index (χ3v) is 27.3. The molecule has 4 aromatic rings. The molecule has 4 bridgehead atoms. The lowest BCUT2D eigenvalue weighted by Gasteiger charge is -2.35. The normalized spacial score (nSPS) is 29.5. The second kappa shape index (κ2) is 36.4. The van der Waals surface area contributed by atoms with Gasteiger partial charge in [-0.3, -0.25) is 33.4 Å². The maximum Gasteiger partial charge on any atom is 0.573 e. The van der Waals surface area contributed by atoms with Crippen molar-refractivity contribution < 1.29 is 160 Å². The Hall–Kier alpha value is -9.55. The number of carbonyl (C=O) groups excluding carboxylic acids is 7. The number of nitrogens with zero attached hydrogens (tertiary/aromatic N) is 6. The fourth-order valence-electron chi connectivity index (χ4n) is 15.7. The third-order valence-electron chi connectivity index (χ3n) is 23.3. The van der Waals surface area contributed by atoms with Crippen LogP contribution in [0.25, 0.3) is 22.1 Å². The van der Waals surface area contributed by atoms with Gasteiger partial charge >= 0.3 is 42.7 Å². The van der Waals surface area contributed by atoms with Crippen LogP contribution in [0.1, 0.15) is 156 Å². The molecule has 2 aromatic carbocycles. The number of allylic oxidation sites excluding steroid dienone is 2. The van der Waals surface area contributed by atoms with Gasteiger partial charge in [0.05, 0.1) is 82.0 Å². The molecule has 6 saturated carbocycles. The summed E-state index contributed by atoms with van der Waals surface area (Å²) in [6.07, 6.45) is -18.9. The Morgan fingerprint density at radius 1 is 0.591 bits per heavy atom. The van der Waals surface area contributed by atoms with Crippen LogP contribution in [0.2, 0.25) is 0 Å². The Morgan fingerprint density at radius 3 is 1.40 bits per heavy atom. The quantitative estimate of drug-likeness (QED) is 0.0504. The van der Waals surface area contributed by atoms with Gasteiger partial charge in [-0.05, 0) is 131 Å². The lowest BCUT2D eigenvalue weighted by Crippen LogP contribution is -2.57. The van der Waals surface area contributed by atoms with Crippen molar-refractivity contribution in [1.29, 1.82) is 0 Å². The third kappa shape index (κ3) is 22.8. The first kappa shape index (κ1) is 98.1. The number of ether oxygens (including phenoxy) is 8. The predicted molar refractivity (Wildman–Crippen MR) is 415 cm³/mol. The Balaban J connectivity index is 0.000000211. The first-order chi connectivity index (χ1) is 58.4. The zero-order valence-corrected chi connectivity index (χ0v) is 71.2. The molecule has 10 aliphatic rings. The second-order valence-electron chi connectivity index (χ2n) is 35.1. The zero-order chi connectivity index (χ0) is 92.5. The number of nitrogens with two attached hydrogens (primary N) is 1. The highest BCUT2D eigenvalue weighted by molar-refractivity contribution is 7.91. The molecule has 702 valence electrons. The standard InChI is InChI=1S/C39H44F7N5O10S.C30H33F5N4O8.C9H14F2N2O3S.ClH/c1-36(2,3)30-33(53)51-18-20(15-25(51)26(52)17-37(16-22(37)31(40)41)34(54)50-62(56,57)21-9-10-21)59-32-29(47-24-14-19(61-39(44,45)46)8-11-23(24)48-32)38(42,43)12-5-13-58-27-6-4-7-28(27)60-35(55)49-30;1-28(2,3)23-25(40)39-14-16(13-19(39)26(41)42)45-24-22(36-18-12-15(47-30(33,34)35)8-9-17(18)37-24)29(31,32)10-5-11-44-20-6-4-7-21(20)46-27(43)38-23;1-8(2-3-8)17(15,16)13-7(14)9(12)4-5(9)6(10)11;/h5,8,11-12,14,20-22,25,27-28,30-31H,4,6-7,9-10,13,15-18H2,1-3H3,(H,49,55)(H,50,54);5,8-10,12,16,19-21,23H,4,6-7,11,13-14H2,1-3H3,(H,38,43)(H,41,42);5-6H,2-4,12H2,1H3,(H,13,14);1H/b12-5+;10-5+;;/t20-,22+,25+,27-,28-,30-,37-;16-,19+,20-,21-,23-;5-,9+;/m110./s1. The SMILES string of the molecule is CC(C)(C)[C@@H]1NC(=O)O[C@@H]2CCC[C@H]2OC/C=C/C(F)(F)c2nc3cc(OC(F)(F)F)ccc3nc2O[C@@H]2C[C@@H](C(=O)C[C@]3(C(=O)NS(=O)(=O)C4CC4)C[C@H]3C(F)F)N(C2)C1=O.CC(C)(C)[C@@H]1NC(=O)O[C@@H]2CCC[C@H]2OC/C=C/C(F)(F)c2nc3cc(OC(F)(F)F)ccc3nc2O[C@@H]2C[C@@H](C(=O)O)N(C2)C1=O.CC1(S(=O)(=O)NC(=O)[C@@]2(N)C[C@H]2C(F)F)CC1.Cl. The largest absolute Gasteiger partial charge is 0.573 e. The molecule has 14 atom stereocenters. The summed E-state index contributed by atoms with van der Waals surface area (Å²) in [5, 5.41) is 14.2. The van der Waals surface area contributed by atoms with Crippen LogP contribution in [0.4, 0.5) is 71.1 Å². The molecule has 6 aliphatic carbocycles. The van der Waals surface area contributed by atoms with Gasteiger partial charge in [-0.1, -0.05) is 53.7 Å². The number of amides is 6. The average molecular weight is 1890 g/mol. The number of halogens is 15. The van der Waals surface area contributed by atoms with E-state index in [-0.39, 0.29) is 67.8 Å². The number of nitrogens with one attached hydrogen (secondary N) is 4. The summed E-state index contributed by atoms with van der Waals surface area (Å²) in [5.74, 6) is -20.3. The first-order valence-corrected chi connectivity index (χ1v) is 43.1. The van der Waals surface area contributed by atoms with E-state index in [1.54, 1.807) is 41.5 Å². The van der Waals surface area contributed by atoms with E-state index in [1.807, 2.05) is 9.44 Å². The number of alkyl carbamates (subject to hydrolysis) is 2. The molecule has 32 nitrogen and oxygen atoms in total. The number of carboxylic acids is 1. The van der Waals surface area contributed by atoms with Gasteiger partial charge in [0.15, 0.2) is 17.2 Å². The highest BCUT2D eigenvalue weighted by atomic mass is 35.5. The molecule has 6 heterocycles. The molecule has 0 radical (unpaired) electrons. The molecule has 14 rings (SSSR count). The Bertz CT molecular complexity index is 5180. The molecular weight excluding hydrogens is 1790 g/mol. The van der Waals surface area contributed by atoms with Crippen molar-refractivity contribution in [1.82, 2.24) is 49.8 Å². The summed E-state index contributed by atoms with van der Waals surface area (Å²) in [4.78, 5) is 125. The topological polar surface area (TPSA) is 431 Å². The van der Waals surface area contributed by atoms with Gasteiger partial charge in [0.2, 0.25) is 62.4 Å². The number of fused-ring (bicyclic) bond motifs is 10. The Morgan fingerprint density at radius 2 is 1.02 bits per heavy atom. The minimum absolute atomic E-state index is 0. The maximum absolute atomic E-state index is 16.2. The minimum atomic E-state index is -5.13. The highest BCUT2D eigenvalue weighted by Gasteiger charge is 2.67. The van der Waals surface area contributed by atoms with Gasteiger partial charge in [0.1, 0.15) is 59.6 Å². The van der Waals surface area contributed by atoms with Gasteiger partial charge in [-0.2, -0.15) is 17.6 Å². The van der Waals surface area contributed by atoms with Crippen LogP contribution in [0.5, 0.6) is 23.3 Å². The Kier molecular flexibility index (Phi) is 28.1. The van der Waals surface area contributed by atoms with Gasteiger partial charge < -0.3 is 69.2 Å². The molecule has 4 aliphatic heterocycles. The van der Waals surface area contributed by atoms with Gasteiger partial charge in [-0.15, -0.1) is 38.7 Å². The van der Waals surface area contributed by atoms with E-state index >= 15 is 17.6 Å². The summed E-state index contributed by atoms with van der Waals surface area (Å²) in [7, 11) is -8.03. The molecule has 7 N–H and O–H groups in total. The van der Waals surface area contributed by atoms with E-state index < -0.39 is 282 Å². The van der Waals surface area contributed by atoms with Crippen LogP contribution in [0.3, 0.4) is 0 Å². The van der Waals surface area contributed by atoms with Crippen molar-refractivity contribution in [3.05, 3.63) is 72.1 Å². The van der Waals surface area contributed by atoms with Crippen LogP contribution < -0.4 is 44.8 Å². The summed E-state index contributed by atoms with van der Waals surface area (Å²) in [6.45, 7) is 9.64. The van der Waals surface area contributed by atoms with Crippen LogP contribution >= 0.6 is 12.4 Å². The summed E-state index contributed by atoms with van der Waals surface area (Å²) in [5.41, 5.74) is -3.84. The molecule has 49 heteroatoms. The van der Waals surface area contributed by atoms with Gasteiger partial charge in [0, 0.05) is 43.2 Å². The van der Waals surface area contributed by atoms with E-state index in [0.717, 1.165) is 58.4 Å². The van der Waals surface area contributed by atoms with Crippen LogP contribution in [-0.2, 0) is 79.6 Å². The molecule has 6 amide bonds. The second-order valence-corrected chi connectivity index (χ2v) is 39.2. The monoisotopic (exact) mass is 1880 g/mol. The lowest BCUT2D eigenvalue weighted by atomic mass is 9.85. The van der Waals surface area contributed by atoms with Crippen molar-refractivity contribution >= 4 is 102 Å². The number of hydrogen-bond acceptors (Lipinski definition) is 25. The number of rotatable bonds is 14. The van der Waals surface area contributed by atoms with Gasteiger partial charge in [0.25, 0.3) is 5.91 Å². The number of ketones is 1. The fourth-order valence-corrected chi connectivity index (χ4v) is 18.4. The predicted octanol–water partition coefficient (Wildman–Crippen LogP) is 10.5. The maximum atomic E-state index is 16.2. The van der Waals surface area contributed by atoms with Crippen LogP contribution in [0, 0.1) is 28.1 Å².